The molecule has 0 fully saturated rings. The maximum absolute atomic E-state index is 6.73. The summed E-state index contributed by atoms with van der Waals surface area (Å²) in [5.41, 5.74) is 9.27. The molecule has 0 aliphatic carbocycles. The Morgan fingerprint density at radius 2 is 0.754 bits per heavy atom. The number of fused-ring (bicyclic) bond motifs is 11. The minimum Gasteiger partial charge on any atom is -0.456 e. The molecule has 286 valence electrons. The third kappa shape index (κ3) is 5.24. The molecule has 0 radical (unpaired) electrons. The number of anilines is 6. The van der Waals surface area contributed by atoms with Crippen LogP contribution in [0.25, 0.3) is 87.5 Å². The summed E-state index contributed by atoms with van der Waals surface area (Å²) >= 11 is 0. The van der Waals surface area contributed by atoms with Crippen molar-refractivity contribution in [2.45, 2.75) is 0 Å². The Morgan fingerprint density at radius 3 is 1.33 bits per heavy atom. The first kappa shape index (κ1) is 33.5. The van der Waals surface area contributed by atoms with Crippen LogP contribution in [-0.2, 0) is 0 Å². The number of hydrogen-bond donors (Lipinski definition) is 0. The zero-order chi connectivity index (χ0) is 40.0. The lowest BCUT2D eigenvalue weighted by Gasteiger charge is -2.26. The Kier molecular flexibility index (Phi) is 7.17. The van der Waals surface area contributed by atoms with Crippen LogP contribution in [0.15, 0.2) is 208 Å². The standard InChI is InChI=1S/C54H32N4O3/c1-3-15-38-33(11-1)13-9-19-46(38)57(35-23-26-42-40-17-5-7-21-48(40)59-50(42)29-35)36-24-28-44-45-32-55-54(56-53(45)61-52(44)30-36)58(47-20-10-14-34-12-2-4-16-39(34)47)37-25-27-43-41-18-6-8-22-49(41)60-51(43)31-37/h1-32H. The maximum Gasteiger partial charge on any atom is 0.237 e. The van der Waals surface area contributed by atoms with Gasteiger partial charge < -0.3 is 18.2 Å². The Bertz CT molecular complexity index is 3620. The van der Waals surface area contributed by atoms with Crippen LogP contribution in [0.2, 0.25) is 0 Å². The van der Waals surface area contributed by atoms with Crippen molar-refractivity contribution in [2.75, 3.05) is 9.80 Å². The van der Waals surface area contributed by atoms with Gasteiger partial charge in [0.1, 0.15) is 27.9 Å². The summed E-state index contributed by atoms with van der Waals surface area (Å²) in [5, 5.41) is 10.5. The highest BCUT2D eigenvalue weighted by molar-refractivity contribution is 6.10. The smallest absolute Gasteiger partial charge is 0.237 e. The van der Waals surface area contributed by atoms with Crippen LogP contribution in [0.3, 0.4) is 0 Å². The van der Waals surface area contributed by atoms with E-state index in [-0.39, 0.29) is 0 Å². The van der Waals surface area contributed by atoms with Crippen LogP contribution >= 0.6 is 0 Å². The minimum absolute atomic E-state index is 0.482. The normalized spacial score (nSPS) is 11.9. The first-order valence-electron chi connectivity index (χ1n) is 20.3. The molecule has 13 aromatic rings. The fourth-order valence-corrected chi connectivity index (χ4v) is 9.09. The van der Waals surface area contributed by atoms with E-state index >= 15 is 0 Å². The number of furan rings is 3. The minimum atomic E-state index is 0.482. The molecule has 0 spiro atoms. The molecule has 0 aliphatic heterocycles. The summed E-state index contributed by atoms with van der Waals surface area (Å²) in [7, 11) is 0. The van der Waals surface area contributed by atoms with Gasteiger partial charge in [0.25, 0.3) is 0 Å². The number of rotatable bonds is 6. The van der Waals surface area contributed by atoms with Crippen molar-refractivity contribution in [3.8, 4) is 0 Å². The molecule has 0 unspecified atom stereocenters. The van der Waals surface area contributed by atoms with E-state index in [1.807, 2.05) is 42.6 Å². The summed E-state index contributed by atoms with van der Waals surface area (Å²) in [4.78, 5) is 14.6. The summed E-state index contributed by atoms with van der Waals surface area (Å²) in [6.07, 6.45) is 1.87. The lowest BCUT2D eigenvalue weighted by Crippen LogP contribution is -2.13. The van der Waals surface area contributed by atoms with Gasteiger partial charge in [0, 0.05) is 73.5 Å². The molecule has 0 bridgehead atoms. The third-order valence-corrected chi connectivity index (χ3v) is 11.9. The summed E-state index contributed by atoms with van der Waals surface area (Å²) < 4.78 is 19.5. The molecule has 0 atom stereocenters. The maximum atomic E-state index is 6.73. The average Bonchev–Trinajstić information content (AvgIpc) is 3.99. The molecule has 0 N–H and O–H groups in total. The number of para-hydroxylation sites is 2. The molecule has 7 heteroatoms. The Labute approximate surface area is 347 Å². The van der Waals surface area contributed by atoms with Crippen LogP contribution < -0.4 is 9.80 Å². The van der Waals surface area contributed by atoms with E-state index in [0.29, 0.717) is 17.2 Å². The number of benzene rings is 9. The van der Waals surface area contributed by atoms with Crippen molar-refractivity contribution in [1.82, 2.24) is 9.97 Å². The second-order valence-corrected chi connectivity index (χ2v) is 15.4. The van der Waals surface area contributed by atoms with Crippen molar-refractivity contribution in [3.63, 3.8) is 0 Å². The fraction of sp³-hybridized carbons (Fsp3) is 0. The van der Waals surface area contributed by atoms with Crippen LogP contribution in [0.1, 0.15) is 0 Å². The molecular formula is C54H32N4O3. The van der Waals surface area contributed by atoms with Gasteiger partial charge in [-0.15, -0.1) is 0 Å². The van der Waals surface area contributed by atoms with Gasteiger partial charge in [-0.1, -0.05) is 109 Å². The number of aromatic nitrogens is 2. The van der Waals surface area contributed by atoms with Crippen molar-refractivity contribution in [3.05, 3.63) is 194 Å². The van der Waals surface area contributed by atoms with Gasteiger partial charge in [0.2, 0.25) is 11.7 Å². The van der Waals surface area contributed by atoms with Crippen molar-refractivity contribution >= 4 is 122 Å². The van der Waals surface area contributed by atoms with Gasteiger partial charge in [-0.05, 0) is 71.4 Å². The highest BCUT2D eigenvalue weighted by Crippen LogP contribution is 2.44. The van der Waals surface area contributed by atoms with Crippen LogP contribution in [0.4, 0.5) is 34.4 Å². The Morgan fingerprint density at radius 1 is 0.328 bits per heavy atom. The van der Waals surface area contributed by atoms with E-state index in [4.69, 9.17) is 23.2 Å². The molecule has 4 heterocycles. The lowest BCUT2D eigenvalue weighted by atomic mass is 10.1. The topological polar surface area (TPSA) is 71.7 Å². The van der Waals surface area contributed by atoms with E-state index in [9.17, 15) is 0 Å². The van der Waals surface area contributed by atoms with E-state index in [0.717, 1.165) is 105 Å². The largest absolute Gasteiger partial charge is 0.456 e. The van der Waals surface area contributed by atoms with Crippen molar-refractivity contribution in [1.29, 1.82) is 0 Å². The quantitative estimate of drug-likeness (QED) is 0.166. The Hall–Kier alpha value is -8.42. The predicted molar refractivity (Wildman–Crippen MR) is 248 cm³/mol. The summed E-state index contributed by atoms with van der Waals surface area (Å²) in [5.74, 6) is 0.482. The molecule has 61 heavy (non-hydrogen) atoms. The predicted octanol–water partition coefficient (Wildman–Crippen LogP) is 15.4. The molecule has 13 rings (SSSR count). The van der Waals surface area contributed by atoms with E-state index < -0.39 is 0 Å². The molecule has 0 saturated heterocycles. The van der Waals surface area contributed by atoms with Crippen molar-refractivity contribution in [2.24, 2.45) is 0 Å². The molecule has 7 nitrogen and oxygen atoms in total. The second kappa shape index (κ2) is 13.0. The van der Waals surface area contributed by atoms with Crippen LogP contribution in [-0.4, -0.2) is 9.97 Å². The zero-order valence-corrected chi connectivity index (χ0v) is 32.5. The van der Waals surface area contributed by atoms with E-state index in [1.165, 1.54) is 0 Å². The van der Waals surface area contributed by atoms with Gasteiger partial charge in [0.05, 0.1) is 22.4 Å². The van der Waals surface area contributed by atoms with E-state index in [1.54, 1.807) is 0 Å². The van der Waals surface area contributed by atoms with Gasteiger partial charge in [-0.3, -0.25) is 4.90 Å². The lowest BCUT2D eigenvalue weighted by molar-refractivity contribution is 0.653. The van der Waals surface area contributed by atoms with Gasteiger partial charge >= 0.3 is 0 Å². The second-order valence-electron chi connectivity index (χ2n) is 15.4. The number of nitrogens with zero attached hydrogens (tertiary/aromatic N) is 4. The fourth-order valence-electron chi connectivity index (χ4n) is 9.09. The molecule has 4 aromatic heterocycles. The first-order valence-corrected chi connectivity index (χ1v) is 20.3. The number of hydrogen-bond acceptors (Lipinski definition) is 7. The molecule has 0 amide bonds. The van der Waals surface area contributed by atoms with Crippen LogP contribution in [0, 0.1) is 0 Å². The highest BCUT2D eigenvalue weighted by atomic mass is 16.3. The SMILES string of the molecule is c1ccc2c(N(c3ccc4c(c3)oc3ccccc34)c3ccc4c(c3)oc3nc(N(c5ccc6c(c5)oc5ccccc56)c5cccc6ccccc56)ncc34)cccc2c1. The average molecular weight is 785 g/mol. The summed E-state index contributed by atoms with van der Waals surface area (Å²) in [6, 6.07) is 64.9. The molecule has 9 aromatic carbocycles. The van der Waals surface area contributed by atoms with E-state index in [2.05, 4.69) is 161 Å². The first-order chi connectivity index (χ1) is 30.2. The molecular weight excluding hydrogens is 753 g/mol. The third-order valence-electron chi connectivity index (χ3n) is 11.9. The molecule has 0 aliphatic rings. The van der Waals surface area contributed by atoms with Gasteiger partial charge in [-0.2, -0.15) is 4.98 Å². The van der Waals surface area contributed by atoms with Crippen LogP contribution in [0.5, 0.6) is 0 Å². The Balaban J connectivity index is 0.981. The molecule has 0 saturated carbocycles. The zero-order valence-electron chi connectivity index (χ0n) is 32.5. The van der Waals surface area contributed by atoms with Crippen molar-refractivity contribution < 1.29 is 13.3 Å². The summed E-state index contributed by atoms with van der Waals surface area (Å²) in [6.45, 7) is 0. The van der Waals surface area contributed by atoms with Gasteiger partial charge in [0.15, 0.2) is 0 Å². The highest BCUT2D eigenvalue weighted by Gasteiger charge is 2.23. The van der Waals surface area contributed by atoms with Gasteiger partial charge in [-0.25, -0.2) is 4.98 Å². The monoisotopic (exact) mass is 784 g/mol.